The first-order chi connectivity index (χ1) is 14.4. The Morgan fingerprint density at radius 2 is 1.90 bits per heavy atom. The van der Waals surface area contributed by atoms with Crippen LogP contribution in [0.25, 0.3) is 11.8 Å². The van der Waals surface area contributed by atoms with Crippen LogP contribution in [0.15, 0.2) is 54.6 Å². The number of carbonyl (C=O) groups is 2. The topological polar surface area (TPSA) is 64.4 Å². The van der Waals surface area contributed by atoms with Gasteiger partial charge < -0.3 is 4.74 Å². The quantitative estimate of drug-likeness (QED) is 0.395. The van der Waals surface area contributed by atoms with Gasteiger partial charge in [-0.3, -0.25) is 9.69 Å². The van der Waals surface area contributed by atoms with Gasteiger partial charge in [0.15, 0.2) is 5.78 Å². The van der Waals surface area contributed by atoms with E-state index in [0.717, 1.165) is 5.69 Å². The summed E-state index contributed by atoms with van der Waals surface area (Å²) in [4.78, 5) is 26.0. The molecule has 0 unspecified atom stereocenters. The number of hydrogen-bond donors (Lipinski definition) is 0. The lowest BCUT2D eigenvalue weighted by Crippen LogP contribution is -2.23. The lowest BCUT2D eigenvalue weighted by atomic mass is 10.1. The molecule has 8 heteroatoms. The molecule has 4 rings (SSSR count). The van der Waals surface area contributed by atoms with Crippen molar-refractivity contribution in [2.45, 2.75) is 6.92 Å². The Hall–Kier alpha value is -3.09. The van der Waals surface area contributed by atoms with Crippen molar-refractivity contribution in [1.82, 2.24) is 9.78 Å². The second-order valence-corrected chi connectivity index (χ2v) is 7.49. The number of allylic oxidation sites excluding steroid dienone is 1. The minimum atomic E-state index is -0.411. The second-order valence-electron chi connectivity index (χ2n) is 6.70. The molecular formula is C22H17Cl2N3O3. The van der Waals surface area contributed by atoms with E-state index < -0.39 is 6.09 Å². The van der Waals surface area contributed by atoms with E-state index in [1.807, 2.05) is 19.1 Å². The van der Waals surface area contributed by atoms with E-state index in [0.29, 0.717) is 45.8 Å². The van der Waals surface area contributed by atoms with Crippen LogP contribution in [0.3, 0.4) is 0 Å². The zero-order valence-corrected chi connectivity index (χ0v) is 17.5. The standard InChI is InChI=1S/C22H17Cl2N3O3/c1-14-19(21(24)27(25-14)18-7-3-5-16(23)13-18)8-9-20(28)15-4-2-6-17(12-15)26-10-11-30-22(26)29/h2-9,12-13H,10-11H2,1H3/b9-8+. The first kappa shape index (κ1) is 20.2. The Kier molecular flexibility index (Phi) is 5.61. The highest BCUT2D eigenvalue weighted by molar-refractivity contribution is 6.32. The van der Waals surface area contributed by atoms with Crippen molar-refractivity contribution < 1.29 is 14.3 Å². The van der Waals surface area contributed by atoms with Crippen LogP contribution in [-0.4, -0.2) is 34.8 Å². The first-order valence-electron chi connectivity index (χ1n) is 9.22. The molecule has 0 bridgehead atoms. The number of ether oxygens (including phenoxy) is 1. The molecule has 1 saturated heterocycles. The largest absolute Gasteiger partial charge is 0.447 e. The number of nitrogens with zero attached hydrogens (tertiary/aromatic N) is 3. The predicted molar refractivity (Wildman–Crippen MR) is 117 cm³/mol. The van der Waals surface area contributed by atoms with Crippen molar-refractivity contribution in [3.63, 3.8) is 0 Å². The number of hydrogen-bond acceptors (Lipinski definition) is 4. The molecule has 0 spiro atoms. The number of halogens is 2. The van der Waals surface area contributed by atoms with Crippen LogP contribution in [0.1, 0.15) is 21.6 Å². The smallest absolute Gasteiger partial charge is 0.414 e. The van der Waals surface area contributed by atoms with Gasteiger partial charge >= 0.3 is 6.09 Å². The monoisotopic (exact) mass is 441 g/mol. The minimum Gasteiger partial charge on any atom is -0.447 e. The van der Waals surface area contributed by atoms with Gasteiger partial charge in [0.25, 0.3) is 0 Å². The summed E-state index contributed by atoms with van der Waals surface area (Å²) in [5.41, 5.74) is 3.13. The summed E-state index contributed by atoms with van der Waals surface area (Å²) in [5.74, 6) is -0.213. The van der Waals surface area contributed by atoms with Gasteiger partial charge in [-0.05, 0) is 49.4 Å². The average Bonchev–Trinajstić information content (AvgIpc) is 3.29. The first-order valence-corrected chi connectivity index (χ1v) is 9.97. The van der Waals surface area contributed by atoms with Crippen molar-refractivity contribution in [1.29, 1.82) is 0 Å². The van der Waals surface area contributed by atoms with Crippen molar-refractivity contribution >= 4 is 46.8 Å². The Balaban J connectivity index is 1.59. The third-order valence-electron chi connectivity index (χ3n) is 4.71. The number of benzene rings is 2. The lowest BCUT2D eigenvalue weighted by Gasteiger charge is -2.13. The summed E-state index contributed by atoms with van der Waals surface area (Å²) in [6, 6.07) is 14.0. The normalized spacial score (nSPS) is 13.8. The van der Waals surface area contributed by atoms with Crippen LogP contribution in [0.4, 0.5) is 10.5 Å². The zero-order chi connectivity index (χ0) is 21.3. The van der Waals surface area contributed by atoms with Crippen molar-refractivity contribution in [3.05, 3.63) is 81.6 Å². The van der Waals surface area contributed by atoms with Gasteiger partial charge in [0.2, 0.25) is 0 Å². The molecular weight excluding hydrogens is 425 g/mol. The number of aryl methyl sites for hydroxylation is 1. The van der Waals surface area contributed by atoms with Gasteiger partial charge in [-0.1, -0.05) is 41.4 Å². The number of carbonyl (C=O) groups excluding carboxylic acids is 2. The molecule has 0 radical (unpaired) electrons. The third kappa shape index (κ3) is 3.97. The number of anilines is 1. The predicted octanol–water partition coefficient (Wildman–Crippen LogP) is 5.34. The number of amides is 1. The molecule has 1 fully saturated rings. The van der Waals surface area contributed by atoms with Crippen LogP contribution >= 0.6 is 23.2 Å². The highest BCUT2D eigenvalue weighted by atomic mass is 35.5. The maximum Gasteiger partial charge on any atom is 0.414 e. The fourth-order valence-corrected chi connectivity index (χ4v) is 3.71. The van der Waals surface area contributed by atoms with Gasteiger partial charge in [0.05, 0.1) is 17.9 Å². The Bertz CT molecular complexity index is 1170. The molecule has 1 aliphatic heterocycles. The Morgan fingerprint density at radius 3 is 2.63 bits per heavy atom. The van der Waals surface area contributed by atoms with Gasteiger partial charge in [-0.2, -0.15) is 5.10 Å². The molecule has 2 aromatic carbocycles. The van der Waals surface area contributed by atoms with Crippen LogP contribution in [0, 0.1) is 6.92 Å². The summed E-state index contributed by atoms with van der Waals surface area (Å²) >= 11 is 12.6. The maximum atomic E-state index is 12.7. The van der Waals surface area contributed by atoms with E-state index in [1.165, 1.54) is 11.0 Å². The summed E-state index contributed by atoms with van der Waals surface area (Å²) in [5, 5.41) is 5.41. The SMILES string of the molecule is Cc1nn(-c2cccc(Cl)c2)c(Cl)c1/C=C/C(=O)c1cccc(N2CCOC2=O)c1. The molecule has 6 nitrogen and oxygen atoms in total. The van der Waals surface area contributed by atoms with E-state index in [1.54, 1.807) is 47.2 Å². The fraction of sp³-hybridized carbons (Fsp3) is 0.136. The van der Waals surface area contributed by atoms with E-state index >= 15 is 0 Å². The molecule has 0 saturated carbocycles. The number of cyclic esters (lactones) is 1. The molecule has 0 N–H and O–H groups in total. The molecule has 3 aromatic rings. The lowest BCUT2D eigenvalue weighted by molar-refractivity contribution is 0.104. The Morgan fingerprint density at radius 1 is 1.13 bits per heavy atom. The number of ketones is 1. The average molecular weight is 442 g/mol. The molecule has 0 atom stereocenters. The van der Waals surface area contributed by atoms with Crippen molar-refractivity contribution in [2.24, 2.45) is 0 Å². The molecule has 0 aliphatic carbocycles. The molecule has 1 aliphatic rings. The van der Waals surface area contributed by atoms with Crippen LogP contribution < -0.4 is 4.90 Å². The molecule has 2 heterocycles. The molecule has 1 aromatic heterocycles. The number of rotatable bonds is 5. The van der Waals surface area contributed by atoms with Gasteiger partial charge in [-0.15, -0.1) is 0 Å². The van der Waals surface area contributed by atoms with Crippen molar-refractivity contribution in [2.75, 3.05) is 18.1 Å². The Labute approximate surface area is 183 Å². The maximum absolute atomic E-state index is 12.7. The van der Waals surface area contributed by atoms with E-state index in [2.05, 4.69) is 5.10 Å². The van der Waals surface area contributed by atoms with E-state index in [4.69, 9.17) is 27.9 Å². The van der Waals surface area contributed by atoms with Crippen LogP contribution in [0.5, 0.6) is 0 Å². The molecule has 152 valence electrons. The van der Waals surface area contributed by atoms with Gasteiger partial charge in [0, 0.05) is 21.8 Å². The fourth-order valence-electron chi connectivity index (χ4n) is 3.19. The summed E-state index contributed by atoms with van der Waals surface area (Å²) < 4.78 is 6.53. The second kappa shape index (κ2) is 8.34. The highest BCUT2D eigenvalue weighted by Gasteiger charge is 2.24. The zero-order valence-electron chi connectivity index (χ0n) is 16.0. The van der Waals surface area contributed by atoms with Gasteiger partial charge in [0.1, 0.15) is 11.8 Å². The van der Waals surface area contributed by atoms with E-state index in [9.17, 15) is 9.59 Å². The summed E-state index contributed by atoms with van der Waals surface area (Å²) in [7, 11) is 0. The number of aromatic nitrogens is 2. The van der Waals surface area contributed by atoms with Crippen LogP contribution in [-0.2, 0) is 4.74 Å². The van der Waals surface area contributed by atoms with Gasteiger partial charge in [-0.25, -0.2) is 9.48 Å². The van der Waals surface area contributed by atoms with Crippen molar-refractivity contribution in [3.8, 4) is 5.69 Å². The van der Waals surface area contributed by atoms with Crippen LogP contribution in [0.2, 0.25) is 10.2 Å². The highest BCUT2D eigenvalue weighted by Crippen LogP contribution is 2.26. The molecule has 1 amide bonds. The summed E-state index contributed by atoms with van der Waals surface area (Å²) in [6.45, 7) is 2.62. The minimum absolute atomic E-state index is 0.213. The van der Waals surface area contributed by atoms with E-state index in [-0.39, 0.29) is 5.78 Å². The third-order valence-corrected chi connectivity index (χ3v) is 5.30. The summed E-state index contributed by atoms with van der Waals surface area (Å²) in [6.07, 6.45) is 2.68. The molecule has 30 heavy (non-hydrogen) atoms.